The predicted octanol–water partition coefficient (Wildman–Crippen LogP) is 4.24. The van der Waals surface area contributed by atoms with Crippen molar-refractivity contribution in [2.24, 2.45) is 0 Å². The maximum Gasteiger partial charge on any atom is 0.417 e. The first kappa shape index (κ1) is 23.8. The van der Waals surface area contributed by atoms with Gasteiger partial charge in [-0.2, -0.15) is 13.2 Å². The summed E-state index contributed by atoms with van der Waals surface area (Å²) in [6.45, 7) is 1.29. The summed E-state index contributed by atoms with van der Waals surface area (Å²) < 4.78 is 64.8. The van der Waals surface area contributed by atoms with Crippen LogP contribution >= 0.6 is 23.2 Å². The molecule has 0 bridgehead atoms. The number of nitrogens with zero attached hydrogens (tertiary/aromatic N) is 2. The maximum atomic E-state index is 13.2. The minimum Gasteiger partial charge on any atom is -0.336 e. The second kappa shape index (κ2) is 9.36. The molecule has 1 aliphatic rings. The molecule has 0 spiro atoms. The maximum absolute atomic E-state index is 13.2. The average Bonchev–Trinajstić information content (AvgIpc) is 2.73. The van der Waals surface area contributed by atoms with Crippen LogP contribution in [0, 0.1) is 0 Å². The second-order valence-electron chi connectivity index (χ2n) is 7.07. The molecule has 0 radical (unpaired) electrons. The summed E-state index contributed by atoms with van der Waals surface area (Å²) in [4.78, 5) is 15.8. The molecule has 2 aromatic rings. The third-order valence-corrected chi connectivity index (χ3v) is 7.43. The standard InChI is InChI=1S/C20H19Cl2F3N2O3S/c21-14-5-6-17(22)18(13-14)31(29,30)12-11-26-7-9-27(10-8-26)19(28)15-3-1-2-4-16(15)20(23,24)25/h1-6,13H,7-12H2. The molecule has 0 atom stereocenters. The lowest BCUT2D eigenvalue weighted by atomic mass is 10.1. The molecule has 0 aliphatic carbocycles. The fourth-order valence-electron chi connectivity index (χ4n) is 3.34. The number of amides is 1. The minimum atomic E-state index is -4.62. The zero-order chi connectivity index (χ0) is 22.8. The first-order valence-corrected chi connectivity index (χ1v) is 11.8. The molecule has 2 aromatic carbocycles. The summed E-state index contributed by atoms with van der Waals surface area (Å²) in [5, 5.41) is 0.345. The first-order valence-electron chi connectivity index (χ1n) is 9.35. The third kappa shape index (κ3) is 5.71. The lowest BCUT2D eigenvalue weighted by Crippen LogP contribution is -2.49. The molecule has 5 nitrogen and oxygen atoms in total. The molecule has 0 N–H and O–H groups in total. The normalized spacial score (nSPS) is 15.8. The quantitative estimate of drug-likeness (QED) is 0.623. The summed E-state index contributed by atoms with van der Waals surface area (Å²) >= 11 is 11.8. The summed E-state index contributed by atoms with van der Waals surface area (Å²) in [5.41, 5.74) is -1.35. The molecule has 3 rings (SSSR count). The van der Waals surface area contributed by atoms with Crippen molar-refractivity contribution in [3.8, 4) is 0 Å². The van der Waals surface area contributed by atoms with Crippen molar-refractivity contribution >= 4 is 38.9 Å². The van der Waals surface area contributed by atoms with Crippen LogP contribution in [0.15, 0.2) is 47.4 Å². The Hall–Kier alpha value is -1.81. The lowest BCUT2D eigenvalue weighted by Gasteiger charge is -2.35. The molecule has 1 amide bonds. The van der Waals surface area contributed by atoms with Crippen LogP contribution in [-0.2, 0) is 16.0 Å². The highest BCUT2D eigenvalue weighted by atomic mass is 35.5. The van der Waals surface area contributed by atoms with E-state index in [0.717, 1.165) is 6.07 Å². The van der Waals surface area contributed by atoms with E-state index in [2.05, 4.69) is 0 Å². The van der Waals surface area contributed by atoms with Crippen LogP contribution in [0.1, 0.15) is 15.9 Å². The third-order valence-electron chi connectivity index (χ3n) is 5.03. The zero-order valence-electron chi connectivity index (χ0n) is 16.2. The van der Waals surface area contributed by atoms with E-state index in [1.807, 2.05) is 4.90 Å². The number of piperazine rings is 1. The van der Waals surface area contributed by atoms with Crippen molar-refractivity contribution in [1.29, 1.82) is 0 Å². The van der Waals surface area contributed by atoms with Gasteiger partial charge in [0.15, 0.2) is 9.84 Å². The Kier molecular flexibility index (Phi) is 7.20. The fraction of sp³-hybridized carbons (Fsp3) is 0.350. The van der Waals surface area contributed by atoms with Gasteiger partial charge in [-0.1, -0.05) is 35.3 Å². The highest BCUT2D eigenvalue weighted by Crippen LogP contribution is 2.32. The van der Waals surface area contributed by atoms with Crippen molar-refractivity contribution in [1.82, 2.24) is 9.80 Å². The highest BCUT2D eigenvalue weighted by molar-refractivity contribution is 7.91. The first-order chi connectivity index (χ1) is 14.5. The fourth-order valence-corrected chi connectivity index (χ4v) is 5.43. The highest BCUT2D eigenvalue weighted by Gasteiger charge is 2.36. The van der Waals surface area contributed by atoms with Crippen LogP contribution in [0.25, 0.3) is 0 Å². The summed E-state index contributed by atoms with van der Waals surface area (Å²) in [7, 11) is -3.67. The molecule has 1 aliphatic heterocycles. The molecular weight excluding hydrogens is 476 g/mol. The molecule has 31 heavy (non-hydrogen) atoms. The number of benzene rings is 2. The van der Waals surface area contributed by atoms with Gasteiger partial charge in [-0.25, -0.2) is 8.42 Å². The number of hydrogen-bond donors (Lipinski definition) is 0. The van der Waals surface area contributed by atoms with Crippen LogP contribution in [0.4, 0.5) is 13.2 Å². The van der Waals surface area contributed by atoms with E-state index in [9.17, 15) is 26.4 Å². The Morgan fingerprint density at radius 3 is 2.29 bits per heavy atom. The number of hydrogen-bond acceptors (Lipinski definition) is 4. The van der Waals surface area contributed by atoms with E-state index >= 15 is 0 Å². The Balaban J connectivity index is 1.60. The number of alkyl halides is 3. The van der Waals surface area contributed by atoms with Crippen LogP contribution in [0.2, 0.25) is 10.0 Å². The van der Waals surface area contributed by atoms with Gasteiger partial charge >= 0.3 is 6.18 Å². The Morgan fingerprint density at radius 2 is 1.65 bits per heavy atom. The van der Waals surface area contributed by atoms with Gasteiger partial charge in [0.25, 0.3) is 5.91 Å². The zero-order valence-corrected chi connectivity index (χ0v) is 18.5. The van der Waals surface area contributed by atoms with Gasteiger partial charge in [0.05, 0.1) is 26.8 Å². The molecule has 1 saturated heterocycles. The predicted molar refractivity (Wildman–Crippen MR) is 112 cm³/mol. The molecule has 11 heteroatoms. The monoisotopic (exact) mass is 494 g/mol. The van der Waals surface area contributed by atoms with Crippen molar-refractivity contribution in [3.05, 3.63) is 63.6 Å². The Labute approximate surface area is 188 Å². The lowest BCUT2D eigenvalue weighted by molar-refractivity contribution is -0.138. The van der Waals surface area contributed by atoms with E-state index in [4.69, 9.17) is 23.2 Å². The molecule has 1 fully saturated rings. The van der Waals surface area contributed by atoms with Crippen molar-refractivity contribution in [2.75, 3.05) is 38.5 Å². The van der Waals surface area contributed by atoms with Crippen molar-refractivity contribution in [3.63, 3.8) is 0 Å². The smallest absolute Gasteiger partial charge is 0.336 e. The van der Waals surface area contributed by atoms with Gasteiger partial charge in [0.1, 0.15) is 0 Å². The van der Waals surface area contributed by atoms with E-state index in [0.29, 0.717) is 13.1 Å². The topological polar surface area (TPSA) is 57.7 Å². The summed E-state index contributed by atoms with van der Waals surface area (Å²) in [6, 6.07) is 8.90. The second-order valence-corrected chi connectivity index (χ2v) is 9.99. The van der Waals surface area contributed by atoms with Gasteiger partial charge in [-0.15, -0.1) is 0 Å². The van der Waals surface area contributed by atoms with Crippen LogP contribution in [-0.4, -0.2) is 62.6 Å². The van der Waals surface area contributed by atoms with Crippen molar-refractivity contribution < 1.29 is 26.4 Å². The molecule has 1 heterocycles. The minimum absolute atomic E-state index is 0.0424. The molecule has 0 unspecified atom stereocenters. The van der Waals surface area contributed by atoms with Gasteiger partial charge in [0.2, 0.25) is 0 Å². The number of halogens is 5. The van der Waals surface area contributed by atoms with Crippen LogP contribution in [0.5, 0.6) is 0 Å². The number of carbonyl (C=O) groups excluding carboxylic acids is 1. The largest absolute Gasteiger partial charge is 0.417 e. The van der Waals surface area contributed by atoms with Crippen molar-refractivity contribution in [2.45, 2.75) is 11.1 Å². The Bertz CT molecular complexity index is 1070. The number of rotatable bonds is 5. The average molecular weight is 495 g/mol. The van der Waals surface area contributed by atoms with Gasteiger partial charge < -0.3 is 4.90 Å². The van der Waals surface area contributed by atoms with Gasteiger partial charge in [-0.05, 0) is 30.3 Å². The Morgan fingerprint density at radius 1 is 1.00 bits per heavy atom. The van der Waals surface area contributed by atoms with E-state index in [1.165, 1.54) is 41.3 Å². The molecule has 0 aromatic heterocycles. The van der Waals surface area contributed by atoms with E-state index < -0.39 is 27.5 Å². The number of carbonyl (C=O) groups is 1. The van der Waals surface area contributed by atoms with Crippen LogP contribution < -0.4 is 0 Å². The van der Waals surface area contributed by atoms with Gasteiger partial charge in [0, 0.05) is 37.7 Å². The molecular formula is C20H19Cl2F3N2O3S. The summed E-state index contributed by atoms with van der Waals surface area (Å²) in [5.74, 6) is -0.885. The number of sulfone groups is 1. The van der Waals surface area contributed by atoms with E-state index in [1.54, 1.807) is 0 Å². The molecule has 168 valence electrons. The molecule has 0 saturated carbocycles. The SMILES string of the molecule is O=C(c1ccccc1C(F)(F)F)N1CCN(CCS(=O)(=O)c2cc(Cl)ccc2Cl)CC1. The van der Waals surface area contributed by atoms with Crippen LogP contribution in [0.3, 0.4) is 0 Å². The van der Waals surface area contributed by atoms with Gasteiger partial charge in [-0.3, -0.25) is 9.69 Å². The van der Waals surface area contributed by atoms with E-state index in [-0.39, 0.29) is 45.9 Å². The summed E-state index contributed by atoms with van der Waals surface area (Å²) in [6.07, 6.45) is -4.62.